The monoisotopic (exact) mass is 372 g/mol. The number of aromatic nitrogens is 4. The van der Waals surface area contributed by atoms with E-state index < -0.39 is 0 Å². The van der Waals surface area contributed by atoms with Gasteiger partial charge in [-0.3, -0.25) is 9.36 Å². The summed E-state index contributed by atoms with van der Waals surface area (Å²) in [6.45, 7) is 8.90. The van der Waals surface area contributed by atoms with Crippen LogP contribution in [0.5, 0.6) is 0 Å². The van der Waals surface area contributed by atoms with Crippen LogP contribution in [-0.2, 0) is 17.7 Å². The minimum Gasteiger partial charge on any atom is -0.338 e. The summed E-state index contributed by atoms with van der Waals surface area (Å²) in [5, 5.41) is 5.40. The van der Waals surface area contributed by atoms with Crippen LogP contribution in [0.25, 0.3) is 10.9 Å². The van der Waals surface area contributed by atoms with Crippen molar-refractivity contribution in [1.29, 1.82) is 0 Å². The van der Waals surface area contributed by atoms with Crippen LogP contribution in [0, 0.1) is 0 Å². The zero-order valence-electron chi connectivity index (χ0n) is 15.7. The number of rotatable bonds is 6. The van der Waals surface area contributed by atoms with Crippen LogP contribution in [0.3, 0.4) is 0 Å². The highest BCUT2D eigenvalue weighted by atomic mass is 32.2. The van der Waals surface area contributed by atoms with Crippen molar-refractivity contribution in [3.8, 4) is 0 Å². The summed E-state index contributed by atoms with van der Waals surface area (Å²) in [5.41, 5.74) is 0.567. The number of para-hydroxylation sites is 1. The van der Waals surface area contributed by atoms with Gasteiger partial charge in [-0.25, -0.2) is 4.98 Å². The molecular formula is C19H24N4O2S. The number of benzene rings is 1. The molecule has 0 N–H and O–H groups in total. The maximum atomic E-state index is 12.9. The Morgan fingerprint density at radius 3 is 2.65 bits per heavy atom. The van der Waals surface area contributed by atoms with Gasteiger partial charge < -0.3 is 4.52 Å². The highest BCUT2D eigenvalue weighted by molar-refractivity contribution is 7.98. The van der Waals surface area contributed by atoms with E-state index in [0.717, 1.165) is 12.8 Å². The van der Waals surface area contributed by atoms with Crippen molar-refractivity contribution in [2.75, 3.05) is 0 Å². The Labute approximate surface area is 157 Å². The van der Waals surface area contributed by atoms with Gasteiger partial charge in [0.2, 0.25) is 5.89 Å². The molecule has 138 valence electrons. The Hall–Kier alpha value is -2.15. The highest BCUT2D eigenvalue weighted by Crippen LogP contribution is 2.24. The van der Waals surface area contributed by atoms with Gasteiger partial charge in [0.1, 0.15) is 0 Å². The van der Waals surface area contributed by atoms with Crippen LogP contribution < -0.4 is 5.56 Å². The molecule has 0 aliphatic heterocycles. The summed E-state index contributed by atoms with van der Waals surface area (Å²) in [6.07, 6.45) is 1.95. The van der Waals surface area contributed by atoms with Crippen molar-refractivity contribution in [2.24, 2.45) is 0 Å². The molecule has 0 bridgehead atoms. The van der Waals surface area contributed by atoms with Crippen LogP contribution in [0.4, 0.5) is 0 Å². The van der Waals surface area contributed by atoms with Gasteiger partial charge in [-0.05, 0) is 18.6 Å². The van der Waals surface area contributed by atoms with E-state index in [0.29, 0.717) is 40.1 Å². The van der Waals surface area contributed by atoms with Crippen LogP contribution in [-0.4, -0.2) is 19.7 Å². The van der Waals surface area contributed by atoms with Gasteiger partial charge in [-0.15, -0.1) is 0 Å². The molecule has 0 amide bonds. The SMILES string of the molecule is CCCCn1c(SCc2nc(C(C)(C)C)no2)nc2ccccc2c1=O. The second-order valence-corrected chi connectivity index (χ2v) is 8.21. The third-order valence-corrected chi connectivity index (χ3v) is 4.99. The summed E-state index contributed by atoms with van der Waals surface area (Å²) in [5.74, 6) is 1.72. The largest absolute Gasteiger partial charge is 0.338 e. The molecule has 2 aromatic heterocycles. The minimum absolute atomic E-state index is 0.00691. The topological polar surface area (TPSA) is 73.8 Å². The summed E-state index contributed by atoms with van der Waals surface area (Å²) < 4.78 is 7.12. The fraction of sp³-hybridized carbons (Fsp3) is 0.474. The van der Waals surface area contributed by atoms with Crippen LogP contribution >= 0.6 is 11.8 Å². The maximum absolute atomic E-state index is 12.9. The molecule has 0 unspecified atom stereocenters. The molecule has 0 fully saturated rings. The molecular weight excluding hydrogens is 348 g/mol. The first-order valence-electron chi connectivity index (χ1n) is 8.85. The van der Waals surface area contributed by atoms with Crippen molar-refractivity contribution in [3.63, 3.8) is 0 Å². The summed E-state index contributed by atoms with van der Waals surface area (Å²) >= 11 is 1.46. The molecule has 0 spiro atoms. The quantitative estimate of drug-likeness (QED) is 0.478. The molecule has 26 heavy (non-hydrogen) atoms. The summed E-state index contributed by atoms with van der Waals surface area (Å²) in [7, 11) is 0. The van der Waals surface area contributed by atoms with Crippen molar-refractivity contribution >= 4 is 22.7 Å². The molecule has 3 rings (SSSR count). The van der Waals surface area contributed by atoms with Crippen molar-refractivity contribution in [3.05, 3.63) is 46.3 Å². The number of unbranched alkanes of at least 4 members (excludes halogenated alkanes) is 1. The number of hydrogen-bond donors (Lipinski definition) is 0. The van der Waals surface area contributed by atoms with Gasteiger partial charge in [-0.1, -0.05) is 63.2 Å². The first-order chi connectivity index (χ1) is 12.4. The van der Waals surface area contributed by atoms with Gasteiger partial charge in [0.05, 0.1) is 16.7 Å². The standard InChI is InChI=1S/C19H24N4O2S/c1-5-6-11-23-16(24)13-9-7-8-10-14(13)20-18(23)26-12-15-21-17(22-25-15)19(2,3)4/h7-10H,5-6,11-12H2,1-4H3. The smallest absolute Gasteiger partial charge is 0.262 e. The highest BCUT2D eigenvalue weighted by Gasteiger charge is 2.21. The fourth-order valence-corrected chi connectivity index (χ4v) is 3.38. The predicted octanol–water partition coefficient (Wildman–Crippen LogP) is 4.17. The molecule has 1 aromatic carbocycles. The molecule has 0 aliphatic carbocycles. The summed E-state index contributed by atoms with van der Waals surface area (Å²) in [4.78, 5) is 22.0. The van der Waals surface area contributed by atoms with Crippen LogP contribution in [0.1, 0.15) is 52.3 Å². The second kappa shape index (κ2) is 7.61. The van der Waals surface area contributed by atoms with Crippen LogP contribution in [0.2, 0.25) is 0 Å². The van der Waals surface area contributed by atoms with Crippen molar-refractivity contribution < 1.29 is 4.52 Å². The lowest BCUT2D eigenvalue weighted by molar-refractivity contribution is 0.372. The third-order valence-electron chi connectivity index (χ3n) is 4.03. The average molecular weight is 372 g/mol. The molecule has 7 heteroatoms. The maximum Gasteiger partial charge on any atom is 0.262 e. The Kier molecular flexibility index (Phi) is 5.46. The lowest BCUT2D eigenvalue weighted by atomic mass is 9.96. The Morgan fingerprint density at radius 1 is 1.19 bits per heavy atom. The first-order valence-corrected chi connectivity index (χ1v) is 9.84. The molecule has 0 saturated heterocycles. The number of nitrogens with zero attached hydrogens (tertiary/aromatic N) is 4. The van der Waals surface area contributed by atoms with E-state index in [1.54, 1.807) is 4.57 Å². The zero-order chi connectivity index (χ0) is 18.7. The minimum atomic E-state index is -0.156. The number of hydrogen-bond acceptors (Lipinski definition) is 6. The van der Waals surface area contributed by atoms with E-state index in [9.17, 15) is 4.79 Å². The molecule has 0 saturated carbocycles. The third kappa shape index (κ3) is 3.98. The number of fused-ring (bicyclic) bond motifs is 1. The Bertz CT molecular complexity index is 956. The van der Waals surface area contributed by atoms with Crippen LogP contribution in [0.15, 0.2) is 38.7 Å². The van der Waals surface area contributed by atoms with Gasteiger partial charge in [-0.2, -0.15) is 4.98 Å². The van der Waals surface area contributed by atoms with E-state index >= 15 is 0 Å². The Balaban J connectivity index is 1.90. The van der Waals surface area contributed by atoms with Crippen molar-refractivity contribution in [2.45, 2.75) is 63.4 Å². The Morgan fingerprint density at radius 2 is 1.96 bits per heavy atom. The van der Waals surface area contributed by atoms with Gasteiger partial charge in [0, 0.05) is 12.0 Å². The predicted molar refractivity (Wildman–Crippen MR) is 103 cm³/mol. The van der Waals surface area contributed by atoms with Gasteiger partial charge in [0.15, 0.2) is 11.0 Å². The summed E-state index contributed by atoms with van der Waals surface area (Å²) in [6, 6.07) is 7.46. The van der Waals surface area contributed by atoms with E-state index in [1.165, 1.54) is 11.8 Å². The first kappa shape index (κ1) is 18.6. The molecule has 0 atom stereocenters. The normalized spacial score (nSPS) is 12.0. The molecule has 0 aliphatic rings. The second-order valence-electron chi connectivity index (χ2n) is 7.27. The van der Waals surface area contributed by atoms with E-state index in [-0.39, 0.29) is 11.0 Å². The number of thioether (sulfide) groups is 1. The lowest BCUT2D eigenvalue weighted by Crippen LogP contribution is -2.23. The molecule has 6 nitrogen and oxygen atoms in total. The van der Waals surface area contributed by atoms with Gasteiger partial charge >= 0.3 is 0 Å². The molecule has 0 radical (unpaired) electrons. The molecule has 3 aromatic rings. The van der Waals surface area contributed by atoms with E-state index in [2.05, 4.69) is 17.1 Å². The van der Waals surface area contributed by atoms with Gasteiger partial charge in [0.25, 0.3) is 5.56 Å². The average Bonchev–Trinajstić information content (AvgIpc) is 3.09. The zero-order valence-corrected chi connectivity index (χ0v) is 16.5. The lowest BCUT2D eigenvalue weighted by Gasteiger charge is -2.12. The van der Waals surface area contributed by atoms with E-state index in [1.807, 2.05) is 45.0 Å². The molecule has 2 heterocycles. The fourth-order valence-electron chi connectivity index (χ4n) is 2.52. The van der Waals surface area contributed by atoms with E-state index in [4.69, 9.17) is 9.51 Å². The van der Waals surface area contributed by atoms with Crippen molar-refractivity contribution in [1.82, 2.24) is 19.7 Å².